The average molecular weight is 489 g/mol. The number of hydrogen-bond acceptors (Lipinski definition) is 4. The Kier molecular flexibility index (Phi) is 7.41. The molecule has 6 nitrogen and oxygen atoms in total. The molecule has 2 aromatic rings. The number of halogens is 2. The van der Waals surface area contributed by atoms with Crippen molar-refractivity contribution in [2.45, 2.75) is 70.4 Å². The monoisotopic (exact) mass is 488 g/mol. The van der Waals surface area contributed by atoms with Crippen LogP contribution in [0.4, 0.5) is 4.39 Å². The third-order valence-electron chi connectivity index (χ3n) is 7.31. The van der Waals surface area contributed by atoms with Crippen LogP contribution < -0.4 is 15.5 Å². The SMILES string of the molecule is COc1c(C=O)n2c(c(C(=O)NCc3cccc(Cl)c3F)c1=O)C(C1CCCCCC1)C[C@H]2C. The Morgan fingerprint density at radius 3 is 2.62 bits per heavy atom. The maximum Gasteiger partial charge on any atom is 0.257 e. The lowest BCUT2D eigenvalue weighted by molar-refractivity contribution is 0.0945. The van der Waals surface area contributed by atoms with E-state index in [-0.39, 0.29) is 46.1 Å². The highest BCUT2D eigenvalue weighted by molar-refractivity contribution is 6.30. The Balaban J connectivity index is 1.80. The molecule has 0 bridgehead atoms. The number of benzene rings is 1. The molecule has 1 aliphatic carbocycles. The first kappa shape index (κ1) is 24.5. The molecule has 0 spiro atoms. The first-order valence-electron chi connectivity index (χ1n) is 11.9. The quantitative estimate of drug-likeness (QED) is 0.435. The van der Waals surface area contributed by atoms with E-state index in [1.807, 2.05) is 11.5 Å². The van der Waals surface area contributed by atoms with Gasteiger partial charge < -0.3 is 14.6 Å². The summed E-state index contributed by atoms with van der Waals surface area (Å²) in [5, 5.41) is 2.66. The molecule has 2 heterocycles. The van der Waals surface area contributed by atoms with Gasteiger partial charge in [0, 0.05) is 29.8 Å². The standard InChI is InChI=1S/C26H30ClFN2O4/c1-15-12-18(16-8-5-3-4-6-9-16)23-21(24(32)25(34-2)20(14-31)30(15)23)26(33)29-13-17-10-7-11-19(27)22(17)28/h7,10-11,14-16,18H,3-6,8-9,12-13H2,1-2H3,(H,29,33)/t15-,18?/m1/s1. The van der Waals surface area contributed by atoms with E-state index in [4.69, 9.17) is 16.3 Å². The number of hydrogen-bond donors (Lipinski definition) is 1. The molecule has 34 heavy (non-hydrogen) atoms. The van der Waals surface area contributed by atoms with Crippen molar-refractivity contribution in [2.24, 2.45) is 5.92 Å². The van der Waals surface area contributed by atoms with Crippen LogP contribution in [0.15, 0.2) is 23.0 Å². The average Bonchev–Trinajstić information content (AvgIpc) is 3.00. The van der Waals surface area contributed by atoms with Crippen molar-refractivity contribution >= 4 is 23.8 Å². The number of amides is 1. The van der Waals surface area contributed by atoms with Crippen LogP contribution in [0.1, 0.15) is 95.9 Å². The number of aromatic nitrogens is 1. The van der Waals surface area contributed by atoms with E-state index in [0.29, 0.717) is 17.9 Å². The summed E-state index contributed by atoms with van der Waals surface area (Å²) in [6.07, 6.45) is 8.06. The van der Waals surface area contributed by atoms with E-state index in [1.54, 1.807) is 6.07 Å². The lowest BCUT2D eigenvalue weighted by Crippen LogP contribution is -2.34. The number of fused-ring (bicyclic) bond motifs is 1. The van der Waals surface area contributed by atoms with Crippen molar-refractivity contribution in [2.75, 3.05) is 7.11 Å². The zero-order valence-electron chi connectivity index (χ0n) is 19.5. The van der Waals surface area contributed by atoms with Crippen molar-refractivity contribution in [1.82, 2.24) is 9.88 Å². The Morgan fingerprint density at radius 2 is 1.97 bits per heavy atom. The van der Waals surface area contributed by atoms with E-state index in [9.17, 15) is 18.8 Å². The fourth-order valence-electron chi connectivity index (χ4n) is 5.73. The minimum atomic E-state index is -0.606. The van der Waals surface area contributed by atoms with Gasteiger partial charge in [-0.3, -0.25) is 14.4 Å². The zero-order chi connectivity index (χ0) is 24.4. The van der Waals surface area contributed by atoms with Gasteiger partial charge in [-0.1, -0.05) is 49.4 Å². The molecule has 8 heteroatoms. The molecule has 1 unspecified atom stereocenters. The van der Waals surface area contributed by atoms with Gasteiger partial charge >= 0.3 is 0 Å². The number of pyridine rings is 1. The molecule has 0 saturated heterocycles. The third kappa shape index (κ3) is 4.38. The van der Waals surface area contributed by atoms with Crippen LogP contribution >= 0.6 is 11.6 Å². The summed E-state index contributed by atoms with van der Waals surface area (Å²) in [6, 6.07) is 4.51. The van der Waals surface area contributed by atoms with Crippen molar-refractivity contribution in [3.8, 4) is 5.75 Å². The van der Waals surface area contributed by atoms with Gasteiger partial charge in [0.2, 0.25) is 5.43 Å². The molecule has 2 atom stereocenters. The summed E-state index contributed by atoms with van der Waals surface area (Å²) in [4.78, 5) is 39.0. The van der Waals surface area contributed by atoms with Gasteiger partial charge in [-0.25, -0.2) is 4.39 Å². The number of nitrogens with zero attached hydrogens (tertiary/aromatic N) is 1. The molecular weight excluding hydrogens is 459 g/mol. The third-order valence-corrected chi connectivity index (χ3v) is 7.60. The second kappa shape index (κ2) is 10.3. The van der Waals surface area contributed by atoms with E-state index in [0.717, 1.165) is 32.1 Å². The molecule has 1 N–H and O–H groups in total. The predicted molar refractivity (Wildman–Crippen MR) is 128 cm³/mol. The highest BCUT2D eigenvalue weighted by Crippen LogP contribution is 2.47. The van der Waals surface area contributed by atoms with E-state index in [2.05, 4.69) is 5.32 Å². The highest BCUT2D eigenvalue weighted by Gasteiger charge is 2.41. The van der Waals surface area contributed by atoms with Crippen LogP contribution in [0.3, 0.4) is 0 Å². The molecule has 1 aliphatic heterocycles. The molecule has 1 amide bonds. The molecule has 1 aromatic heterocycles. The summed E-state index contributed by atoms with van der Waals surface area (Å²) < 4.78 is 21.5. The van der Waals surface area contributed by atoms with Gasteiger partial charge in [0.15, 0.2) is 12.0 Å². The van der Waals surface area contributed by atoms with E-state index in [1.165, 1.54) is 32.1 Å². The number of nitrogens with one attached hydrogen (secondary N) is 1. The second-order valence-corrected chi connectivity index (χ2v) is 9.74. The number of carbonyl (C=O) groups excluding carboxylic acids is 2. The number of aldehydes is 1. The van der Waals surface area contributed by atoms with Crippen molar-refractivity contribution in [3.63, 3.8) is 0 Å². The molecule has 4 rings (SSSR count). The summed E-state index contributed by atoms with van der Waals surface area (Å²) in [5.41, 5.74) is 0.388. The zero-order valence-corrected chi connectivity index (χ0v) is 20.3. The van der Waals surface area contributed by atoms with Crippen LogP contribution in [0, 0.1) is 11.7 Å². The maximum absolute atomic E-state index is 14.4. The summed E-state index contributed by atoms with van der Waals surface area (Å²) in [5.74, 6) is -1.01. The van der Waals surface area contributed by atoms with Crippen LogP contribution in [-0.4, -0.2) is 23.9 Å². The first-order chi connectivity index (χ1) is 16.4. The number of methoxy groups -OCH3 is 1. The Morgan fingerprint density at radius 1 is 1.26 bits per heavy atom. The molecular formula is C26H30ClFN2O4. The molecule has 0 radical (unpaired) electrons. The van der Waals surface area contributed by atoms with Crippen LogP contribution in [0.5, 0.6) is 5.75 Å². The molecule has 1 aromatic carbocycles. The lowest BCUT2D eigenvalue weighted by atomic mass is 9.81. The molecule has 2 aliphatic rings. The normalized spacial score (nSPS) is 20.5. The maximum atomic E-state index is 14.4. The lowest BCUT2D eigenvalue weighted by Gasteiger charge is -2.25. The predicted octanol–water partition coefficient (Wildman–Crippen LogP) is 5.41. The molecule has 182 valence electrons. The van der Waals surface area contributed by atoms with Gasteiger partial charge in [0.25, 0.3) is 5.91 Å². The number of rotatable bonds is 6. The number of carbonyl (C=O) groups is 2. The second-order valence-electron chi connectivity index (χ2n) is 9.33. The topological polar surface area (TPSA) is 77.4 Å². The fourth-order valence-corrected chi connectivity index (χ4v) is 5.93. The van der Waals surface area contributed by atoms with Gasteiger partial charge in [-0.2, -0.15) is 0 Å². The van der Waals surface area contributed by atoms with Crippen molar-refractivity contribution < 1.29 is 18.7 Å². The number of ether oxygens (including phenoxy) is 1. The summed E-state index contributed by atoms with van der Waals surface area (Å²) >= 11 is 5.86. The highest BCUT2D eigenvalue weighted by atomic mass is 35.5. The van der Waals surface area contributed by atoms with Crippen LogP contribution in [0.2, 0.25) is 5.02 Å². The Bertz CT molecular complexity index is 1150. The fraction of sp³-hybridized carbons (Fsp3) is 0.500. The van der Waals surface area contributed by atoms with Gasteiger partial charge in [0.05, 0.1) is 12.1 Å². The van der Waals surface area contributed by atoms with Gasteiger partial charge in [-0.05, 0) is 38.2 Å². The minimum absolute atomic E-state index is 0.00550. The molecule has 1 fully saturated rings. The van der Waals surface area contributed by atoms with Crippen molar-refractivity contribution in [3.05, 3.63) is 61.8 Å². The largest absolute Gasteiger partial charge is 0.491 e. The van der Waals surface area contributed by atoms with E-state index < -0.39 is 17.2 Å². The smallest absolute Gasteiger partial charge is 0.257 e. The van der Waals surface area contributed by atoms with E-state index >= 15 is 0 Å². The van der Waals surface area contributed by atoms with Crippen LogP contribution in [0.25, 0.3) is 0 Å². The van der Waals surface area contributed by atoms with Gasteiger partial charge in [0.1, 0.15) is 17.1 Å². The van der Waals surface area contributed by atoms with Crippen LogP contribution in [-0.2, 0) is 6.54 Å². The van der Waals surface area contributed by atoms with Gasteiger partial charge in [-0.15, -0.1) is 0 Å². The first-order valence-corrected chi connectivity index (χ1v) is 12.3. The minimum Gasteiger partial charge on any atom is -0.491 e. The van der Waals surface area contributed by atoms with Crippen molar-refractivity contribution in [1.29, 1.82) is 0 Å². The Hall–Kier alpha value is -2.67. The summed E-state index contributed by atoms with van der Waals surface area (Å²) in [7, 11) is 1.32. The summed E-state index contributed by atoms with van der Waals surface area (Å²) in [6.45, 7) is 1.88. The Labute approximate surface area is 203 Å². The molecule has 1 saturated carbocycles.